The normalized spacial score (nSPS) is 11.2. The first-order chi connectivity index (χ1) is 9.72. The maximum Gasteiger partial charge on any atom is 0.324 e. The molecule has 20 heavy (non-hydrogen) atoms. The number of nitrogens with zero attached hydrogens (tertiary/aromatic N) is 2. The van der Waals surface area contributed by atoms with E-state index in [-0.39, 0.29) is 9.92 Å². The van der Waals surface area contributed by atoms with Crippen molar-refractivity contribution in [3.63, 3.8) is 0 Å². The molecular weight excluding hydrogens is 272 g/mol. The number of thiophene rings is 1. The van der Waals surface area contributed by atoms with Crippen molar-refractivity contribution in [2.45, 2.75) is 0 Å². The molecule has 3 rings (SSSR count). The van der Waals surface area contributed by atoms with E-state index in [1.807, 2.05) is 48.6 Å². The second-order valence-corrected chi connectivity index (χ2v) is 5.29. The number of pyridine rings is 1. The van der Waals surface area contributed by atoms with Crippen LogP contribution in [0, 0.1) is 10.1 Å². The fourth-order valence-electron chi connectivity index (χ4n) is 1.87. The van der Waals surface area contributed by atoms with E-state index in [1.54, 1.807) is 6.07 Å². The minimum absolute atomic E-state index is 0.149. The van der Waals surface area contributed by atoms with Crippen molar-refractivity contribution in [2.24, 2.45) is 0 Å². The van der Waals surface area contributed by atoms with Gasteiger partial charge >= 0.3 is 5.00 Å². The molecule has 0 aliphatic rings. The van der Waals surface area contributed by atoms with E-state index < -0.39 is 0 Å². The summed E-state index contributed by atoms with van der Waals surface area (Å²) < 4.78 is 0. The SMILES string of the molecule is O=[N+]([O-])c1ccc(C=Cc2ccc3ccccc3n2)s1. The molecule has 0 unspecified atom stereocenters. The van der Waals surface area contributed by atoms with Crippen molar-refractivity contribution in [3.8, 4) is 0 Å². The largest absolute Gasteiger partial charge is 0.324 e. The van der Waals surface area contributed by atoms with Gasteiger partial charge in [0.15, 0.2) is 0 Å². The van der Waals surface area contributed by atoms with Gasteiger partial charge in [-0.1, -0.05) is 35.6 Å². The Morgan fingerprint density at radius 1 is 1.05 bits per heavy atom. The van der Waals surface area contributed by atoms with Gasteiger partial charge in [0, 0.05) is 16.3 Å². The topological polar surface area (TPSA) is 56.0 Å². The third-order valence-electron chi connectivity index (χ3n) is 2.83. The smallest absolute Gasteiger partial charge is 0.258 e. The molecule has 98 valence electrons. The Morgan fingerprint density at radius 3 is 2.70 bits per heavy atom. The maximum absolute atomic E-state index is 10.6. The third kappa shape index (κ3) is 2.57. The van der Waals surface area contributed by atoms with Crippen molar-refractivity contribution in [2.75, 3.05) is 0 Å². The summed E-state index contributed by atoms with van der Waals surface area (Å²) >= 11 is 1.15. The summed E-state index contributed by atoms with van der Waals surface area (Å²) in [4.78, 5) is 15.6. The molecule has 3 aromatic rings. The average Bonchev–Trinajstić information content (AvgIpc) is 2.94. The Morgan fingerprint density at radius 2 is 1.90 bits per heavy atom. The number of hydrogen-bond acceptors (Lipinski definition) is 4. The highest BCUT2D eigenvalue weighted by Crippen LogP contribution is 2.25. The van der Waals surface area contributed by atoms with Crippen molar-refractivity contribution >= 4 is 39.4 Å². The Balaban J connectivity index is 1.87. The number of rotatable bonds is 3. The highest BCUT2D eigenvalue weighted by molar-refractivity contribution is 7.16. The summed E-state index contributed by atoms with van der Waals surface area (Å²) in [6.07, 6.45) is 3.71. The van der Waals surface area contributed by atoms with E-state index in [2.05, 4.69) is 4.98 Å². The molecule has 0 saturated heterocycles. The second-order valence-electron chi connectivity index (χ2n) is 4.20. The van der Waals surface area contributed by atoms with Crippen LogP contribution in [0.5, 0.6) is 0 Å². The maximum atomic E-state index is 10.6. The Labute approximate surface area is 119 Å². The zero-order valence-corrected chi connectivity index (χ0v) is 11.2. The average molecular weight is 282 g/mol. The molecule has 0 radical (unpaired) electrons. The highest BCUT2D eigenvalue weighted by Gasteiger charge is 2.07. The Bertz CT molecular complexity index is 808. The van der Waals surface area contributed by atoms with Crippen LogP contribution in [0.3, 0.4) is 0 Å². The van der Waals surface area contributed by atoms with Crippen LogP contribution in [-0.2, 0) is 0 Å². The molecule has 0 saturated carbocycles. The molecule has 2 heterocycles. The lowest BCUT2D eigenvalue weighted by molar-refractivity contribution is -0.380. The molecule has 0 amide bonds. The fourth-order valence-corrected chi connectivity index (χ4v) is 2.60. The molecule has 4 nitrogen and oxygen atoms in total. The number of hydrogen-bond donors (Lipinski definition) is 0. The molecule has 0 atom stereocenters. The number of aromatic nitrogens is 1. The van der Waals surface area contributed by atoms with Gasteiger partial charge in [0.25, 0.3) is 0 Å². The van der Waals surface area contributed by atoms with E-state index in [0.29, 0.717) is 0 Å². The van der Waals surface area contributed by atoms with Gasteiger partial charge < -0.3 is 0 Å². The first kappa shape index (κ1) is 12.5. The second kappa shape index (κ2) is 5.22. The van der Waals surface area contributed by atoms with E-state index in [0.717, 1.165) is 32.8 Å². The lowest BCUT2D eigenvalue weighted by Gasteiger charge is -1.97. The van der Waals surface area contributed by atoms with E-state index in [9.17, 15) is 10.1 Å². The lowest BCUT2D eigenvalue weighted by atomic mass is 10.2. The van der Waals surface area contributed by atoms with Crippen LogP contribution < -0.4 is 0 Å². The van der Waals surface area contributed by atoms with Crippen LogP contribution in [0.4, 0.5) is 5.00 Å². The monoisotopic (exact) mass is 282 g/mol. The van der Waals surface area contributed by atoms with Crippen molar-refractivity contribution < 1.29 is 4.92 Å². The van der Waals surface area contributed by atoms with Gasteiger partial charge in [-0.25, -0.2) is 4.98 Å². The molecule has 0 spiro atoms. The van der Waals surface area contributed by atoms with Gasteiger partial charge in [-0.2, -0.15) is 0 Å². The quantitative estimate of drug-likeness (QED) is 0.529. The molecule has 0 fully saturated rings. The third-order valence-corrected chi connectivity index (χ3v) is 3.83. The van der Waals surface area contributed by atoms with Gasteiger partial charge in [0.2, 0.25) is 0 Å². The summed E-state index contributed by atoms with van der Waals surface area (Å²) in [5.41, 5.74) is 1.77. The van der Waals surface area contributed by atoms with Gasteiger partial charge in [0.05, 0.1) is 16.1 Å². The summed E-state index contributed by atoms with van der Waals surface area (Å²) in [6.45, 7) is 0. The summed E-state index contributed by atoms with van der Waals surface area (Å²) in [5, 5.41) is 11.9. The van der Waals surface area contributed by atoms with Gasteiger partial charge in [-0.05, 0) is 30.4 Å². The van der Waals surface area contributed by atoms with Crippen LogP contribution in [0.1, 0.15) is 10.6 Å². The number of nitro groups is 1. The van der Waals surface area contributed by atoms with Crippen LogP contribution in [-0.4, -0.2) is 9.91 Å². The van der Waals surface area contributed by atoms with Crippen molar-refractivity contribution in [1.82, 2.24) is 4.98 Å². The first-order valence-corrected chi connectivity index (χ1v) is 6.82. The molecule has 0 aliphatic heterocycles. The molecule has 0 bridgehead atoms. The molecule has 0 aliphatic carbocycles. The van der Waals surface area contributed by atoms with Crippen LogP contribution >= 0.6 is 11.3 Å². The highest BCUT2D eigenvalue weighted by atomic mass is 32.1. The first-order valence-electron chi connectivity index (χ1n) is 6.00. The van der Waals surface area contributed by atoms with Gasteiger partial charge in [-0.15, -0.1) is 0 Å². The van der Waals surface area contributed by atoms with Crippen molar-refractivity contribution in [3.05, 3.63) is 69.2 Å². The van der Waals surface area contributed by atoms with E-state index >= 15 is 0 Å². The fraction of sp³-hybridized carbons (Fsp3) is 0. The van der Waals surface area contributed by atoms with Crippen LogP contribution in [0.25, 0.3) is 23.1 Å². The number of fused-ring (bicyclic) bond motifs is 1. The Kier molecular flexibility index (Phi) is 3.26. The van der Waals surface area contributed by atoms with E-state index in [1.165, 1.54) is 6.07 Å². The van der Waals surface area contributed by atoms with Crippen LogP contribution in [0.15, 0.2) is 48.5 Å². The Hall–Kier alpha value is -2.53. The zero-order chi connectivity index (χ0) is 13.9. The van der Waals surface area contributed by atoms with Gasteiger partial charge in [-0.3, -0.25) is 10.1 Å². The standard InChI is InChI=1S/C15H10N2O2S/c18-17(19)15-10-9-13(20-15)8-7-12-6-5-11-3-1-2-4-14(11)16-12/h1-10H. The number of benzene rings is 1. The molecule has 5 heteroatoms. The molecular formula is C15H10N2O2S. The van der Waals surface area contributed by atoms with E-state index in [4.69, 9.17) is 0 Å². The lowest BCUT2D eigenvalue weighted by Crippen LogP contribution is -1.82. The summed E-state index contributed by atoms with van der Waals surface area (Å²) in [6, 6.07) is 15.1. The molecule has 1 aromatic carbocycles. The van der Waals surface area contributed by atoms with Crippen LogP contribution in [0.2, 0.25) is 0 Å². The number of para-hydroxylation sites is 1. The predicted octanol–water partition coefficient (Wildman–Crippen LogP) is 4.37. The minimum Gasteiger partial charge on any atom is -0.258 e. The predicted molar refractivity (Wildman–Crippen MR) is 81.6 cm³/mol. The zero-order valence-electron chi connectivity index (χ0n) is 10.4. The molecule has 2 aromatic heterocycles. The summed E-state index contributed by atoms with van der Waals surface area (Å²) in [5.74, 6) is 0. The molecule has 0 N–H and O–H groups in total. The van der Waals surface area contributed by atoms with Gasteiger partial charge in [0.1, 0.15) is 0 Å². The summed E-state index contributed by atoms with van der Waals surface area (Å²) in [7, 11) is 0. The van der Waals surface area contributed by atoms with Crippen molar-refractivity contribution in [1.29, 1.82) is 0 Å². The minimum atomic E-state index is -0.379.